The van der Waals surface area contributed by atoms with Crippen molar-refractivity contribution in [3.63, 3.8) is 0 Å². The number of methoxy groups -OCH3 is 1. The Morgan fingerprint density at radius 3 is 2.55 bits per heavy atom. The molecule has 0 saturated heterocycles. The molecule has 2 aromatic carbocycles. The Bertz CT molecular complexity index is 643. The standard InChI is InChI=1S/C16H17BrINO/c1-9-6-10(2)15(14(7-9)20-3)16(19)12-8-11(17)4-5-13(12)18/h4-8,16H,19H2,1-3H3. The predicted molar refractivity (Wildman–Crippen MR) is 95.4 cm³/mol. The molecule has 0 amide bonds. The van der Waals surface area contributed by atoms with Gasteiger partial charge in [-0.2, -0.15) is 0 Å². The maximum absolute atomic E-state index is 6.51. The zero-order chi connectivity index (χ0) is 14.9. The summed E-state index contributed by atoms with van der Waals surface area (Å²) in [7, 11) is 1.69. The normalized spacial score (nSPS) is 12.3. The molecule has 0 saturated carbocycles. The first-order valence-electron chi connectivity index (χ1n) is 6.29. The van der Waals surface area contributed by atoms with Crippen molar-refractivity contribution in [3.05, 3.63) is 60.6 Å². The second-order valence-electron chi connectivity index (χ2n) is 4.84. The van der Waals surface area contributed by atoms with Crippen molar-refractivity contribution in [3.8, 4) is 5.75 Å². The molecule has 1 atom stereocenters. The Morgan fingerprint density at radius 1 is 1.20 bits per heavy atom. The van der Waals surface area contributed by atoms with E-state index in [2.05, 4.69) is 70.6 Å². The van der Waals surface area contributed by atoms with E-state index in [0.717, 1.165) is 30.5 Å². The van der Waals surface area contributed by atoms with Crippen molar-refractivity contribution >= 4 is 38.5 Å². The van der Waals surface area contributed by atoms with Crippen LogP contribution in [0.3, 0.4) is 0 Å². The van der Waals surface area contributed by atoms with Gasteiger partial charge in [0.05, 0.1) is 13.2 Å². The van der Waals surface area contributed by atoms with Crippen LogP contribution in [0.4, 0.5) is 0 Å². The van der Waals surface area contributed by atoms with Gasteiger partial charge in [0.1, 0.15) is 5.75 Å². The molecule has 4 heteroatoms. The first-order chi connectivity index (χ1) is 9.43. The molecule has 2 nitrogen and oxygen atoms in total. The van der Waals surface area contributed by atoms with Crippen LogP contribution in [0, 0.1) is 17.4 Å². The van der Waals surface area contributed by atoms with Crippen LogP contribution in [-0.4, -0.2) is 7.11 Å². The van der Waals surface area contributed by atoms with Crippen LogP contribution in [0.2, 0.25) is 0 Å². The molecule has 20 heavy (non-hydrogen) atoms. The second-order valence-corrected chi connectivity index (χ2v) is 6.92. The molecule has 2 rings (SSSR count). The fourth-order valence-electron chi connectivity index (χ4n) is 2.42. The molecule has 0 aliphatic carbocycles. The average Bonchev–Trinajstić information content (AvgIpc) is 2.40. The monoisotopic (exact) mass is 445 g/mol. The van der Waals surface area contributed by atoms with Crippen LogP contribution in [0.25, 0.3) is 0 Å². The summed E-state index contributed by atoms with van der Waals surface area (Å²) < 4.78 is 7.71. The van der Waals surface area contributed by atoms with Crippen LogP contribution < -0.4 is 10.5 Å². The molecule has 0 aromatic heterocycles. The highest BCUT2D eigenvalue weighted by Gasteiger charge is 2.19. The van der Waals surface area contributed by atoms with Crippen molar-refractivity contribution in [2.24, 2.45) is 5.73 Å². The van der Waals surface area contributed by atoms with Crippen molar-refractivity contribution < 1.29 is 4.74 Å². The van der Waals surface area contributed by atoms with Gasteiger partial charge in [0, 0.05) is 13.6 Å². The van der Waals surface area contributed by atoms with E-state index in [1.165, 1.54) is 5.56 Å². The lowest BCUT2D eigenvalue weighted by molar-refractivity contribution is 0.407. The first kappa shape index (κ1) is 15.8. The maximum atomic E-state index is 6.51. The van der Waals surface area contributed by atoms with E-state index in [0.29, 0.717) is 0 Å². The highest BCUT2D eigenvalue weighted by molar-refractivity contribution is 14.1. The molecule has 0 spiro atoms. The molecule has 106 valence electrons. The van der Waals surface area contributed by atoms with Crippen molar-refractivity contribution in [2.45, 2.75) is 19.9 Å². The lowest BCUT2D eigenvalue weighted by Crippen LogP contribution is -2.16. The van der Waals surface area contributed by atoms with E-state index < -0.39 is 0 Å². The number of hydrogen-bond acceptors (Lipinski definition) is 2. The van der Waals surface area contributed by atoms with Gasteiger partial charge in [-0.3, -0.25) is 0 Å². The van der Waals surface area contributed by atoms with Crippen LogP contribution in [-0.2, 0) is 0 Å². The van der Waals surface area contributed by atoms with E-state index in [9.17, 15) is 0 Å². The summed E-state index contributed by atoms with van der Waals surface area (Å²) in [4.78, 5) is 0. The minimum absolute atomic E-state index is 0.199. The highest BCUT2D eigenvalue weighted by atomic mass is 127. The van der Waals surface area contributed by atoms with Crippen LogP contribution in [0.5, 0.6) is 5.75 Å². The highest BCUT2D eigenvalue weighted by Crippen LogP contribution is 2.35. The SMILES string of the molecule is COc1cc(C)cc(C)c1C(N)c1cc(Br)ccc1I. The van der Waals surface area contributed by atoms with E-state index >= 15 is 0 Å². The number of ether oxygens (including phenoxy) is 1. The Hall–Kier alpha value is -0.590. The Kier molecular flexibility index (Phi) is 5.09. The Labute approximate surface area is 142 Å². The van der Waals surface area contributed by atoms with Crippen LogP contribution in [0.1, 0.15) is 28.3 Å². The fraction of sp³-hybridized carbons (Fsp3) is 0.250. The molecule has 2 N–H and O–H groups in total. The number of nitrogens with two attached hydrogens (primary N) is 1. The molecule has 0 radical (unpaired) electrons. The second kappa shape index (κ2) is 6.45. The van der Waals surface area contributed by atoms with Gasteiger partial charge in [-0.25, -0.2) is 0 Å². The molecule has 2 aromatic rings. The maximum Gasteiger partial charge on any atom is 0.124 e. The van der Waals surface area contributed by atoms with E-state index in [-0.39, 0.29) is 6.04 Å². The summed E-state index contributed by atoms with van der Waals surface area (Å²) in [5, 5.41) is 0. The summed E-state index contributed by atoms with van der Waals surface area (Å²) in [5.41, 5.74) is 11.0. The average molecular weight is 446 g/mol. The van der Waals surface area contributed by atoms with Crippen molar-refractivity contribution in [2.75, 3.05) is 7.11 Å². The van der Waals surface area contributed by atoms with E-state index in [1.807, 2.05) is 12.1 Å². The van der Waals surface area contributed by atoms with Gasteiger partial charge in [0.15, 0.2) is 0 Å². The number of hydrogen-bond donors (Lipinski definition) is 1. The van der Waals surface area contributed by atoms with Crippen LogP contribution >= 0.6 is 38.5 Å². The third-order valence-electron chi connectivity index (χ3n) is 3.32. The van der Waals surface area contributed by atoms with Gasteiger partial charge < -0.3 is 10.5 Å². The molecule has 0 heterocycles. The minimum atomic E-state index is -0.199. The number of benzene rings is 2. The number of rotatable bonds is 3. The topological polar surface area (TPSA) is 35.2 Å². The van der Waals surface area contributed by atoms with E-state index in [1.54, 1.807) is 7.11 Å². The summed E-state index contributed by atoms with van der Waals surface area (Å²) in [6.07, 6.45) is 0. The van der Waals surface area contributed by atoms with Gasteiger partial charge in [0.2, 0.25) is 0 Å². The predicted octanol–water partition coefficient (Wildman–Crippen LogP) is 4.73. The van der Waals surface area contributed by atoms with Gasteiger partial charge in [-0.05, 0) is 77.4 Å². The zero-order valence-corrected chi connectivity index (χ0v) is 15.4. The summed E-state index contributed by atoms with van der Waals surface area (Å²) in [6.45, 7) is 4.14. The third kappa shape index (κ3) is 3.18. The molecule has 1 unspecified atom stereocenters. The molecule has 0 aliphatic heterocycles. The number of halogens is 2. The largest absolute Gasteiger partial charge is 0.496 e. The van der Waals surface area contributed by atoms with Gasteiger partial charge in [-0.15, -0.1) is 0 Å². The minimum Gasteiger partial charge on any atom is -0.496 e. The van der Waals surface area contributed by atoms with Crippen molar-refractivity contribution in [1.82, 2.24) is 0 Å². The quantitative estimate of drug-likeness (QED) is 0.693. The molecular weight excluding hydrogens is 429 g/mol. The summed E-state index contributed by atoms with van der Waals surface area (Å²) >= 11 is 5.83. The third-order valence-corrected chi connectivity index (χ3v) is 4.79. The van der Waals surface area contributed by atoms with Gasteiger partial charge in [0.25, 0.3) is 0 Å². The molecule has 0 aliphatic rings. The molecule has 0 fully saturated rings. The van der Waals surface area contributed by atoms with Crippen LogP contribution in [0.15, 0.2) is 34.8 Å². The lowest BCUT2D eigenvalue weighted by atomic mass is 9.93. The smallest absolute Gasteiger partial charge is 0.124 e. The zero-order valence-electron chi connectivity index (χ0n) is 11.7. The molecule has 0 bridgehead atoms. The molecular formula is C16H17BrINO. The Balaban J connectivity index is 2.58. The Morgan fingerprint density at radius 2 is 1.90 bits per heavy atom. The van der Waals surface area contributed by atoms with Gasteiger partial charge >= 0.3 is 0 Å². The summed E-state index contributed by atoms with van der Waals surface area (Å²) in [6, 6.07) is 10.1. The summed E-state index contributed by atoms with van der Waals surface area (Å²) in [5.74, 6) is 0.853. The fourth-order valence-corrected chi connectivity index (χ4v) is 3.47. The van der Waals surface area contributed by atoms with E-state index in [4.69, 9.17) is 10.5 Å². The first-order valence-corrected chi connectivity index (χ1v) is 8.17. The number of aryl methyl sites for hydroxylation is 2. The van der Waals surface area contributed by atoms with Gasteiger partial charge in [-0.1, -0.05) is 22.0 Å². The van der Waals surface area contributed by atoms with Crippen molar-refractivity contribution in [1.29, 1.82) is 0 Å². The lowest BCUT2D eigenvalue weighted by Gasteiger charge is -2.20.